The quantitative estimate of drug-likeness (QED) is 0.260. The van der Waals surface area contributed by atoms with Gasteiger partial charge < -0.3 is 20.4 Å². The van der Waals surface area contributed by atoms with Crippen LogP contribution in [0, 0.1) is 0 Å². The maximum Gasteiger partial charge on any atom is 0.170 e. The summed E-state index contributed by atoms with van der Waals surface area (Å²) < 4.78 is 10.9. The highest BCUT2D eigenvalue weighted by atomic mass is 16.5. The first-order valence-electron chi connectivity index (χ1n) is 6.18. The summed E-state index contributed by atoms with van der Waals surface area (Å²) in [4.78, 5) is 0. The minimum Gasteiger partial charge on any atom is -0.409 e. The van der Waals surface area contributed by atoms with Crippen LogP contribution in [0.5, 0.6) is 0 Å². The number of hydrogen-bond donors (Lipinski definition) is 2. The van der Waals surface area contributed by atoms with Gasteiger partial charge in [-0.3, -0.25) is 0 Å². The van der Waals surface area contributed by atoms with Gasteiger partial charge in [0.2, 0.25) is 0 Å². The molecule has 3 N–H and O–H groups in total. The Hall–Kier alpha value is -1.59. The molecule has 0 aliphatic heterocycles. The Morgan fingerprint density at radius 3 is 2.47 bits per heavy atom. The number of ether oxygens (including phenoxy) is 2. The predicted molar refractivity (Wildman–Crippen MR) is 74.3 cm³/mol. The van der Waals surface area contributed by atoms with E-state index in [0.29, 0.717) is 18.8 Å². The molecule has 106 valence electrons. The first-order chi connectivity index (χ1) is 8.98. The normalized spacial score (nSPS) is 12.7. The van der Waals surface area contributed by atoms with Crippen molar-refractivity contribution in [3.8, 4) is 0 Å². The Morgan fingerprint density at radius 2 is 1.95 bits per heavy atom. The number of nitrogens with two attached hydrogens (primary N) is 1. The van der Waals surface area contributed by atoms with Gasteiger partial charge in [-0.05, 0) is 25.8 Å². The van der Waals surface area contributed by atoms with Crippen molar-refractivity contribution in [2.24, 2.45) is 10.9 Å². The van der Waals surface area contributed by atoms with Crippen molar-refractivity contribution in [1.29, 1.82) is 0 Å². The molecule has 0 amide bonds. The number of rotatable bonds is 7. The first-order valence-corrected chi connectivity index (χ1v) is 6.18. The fraction of sp³-hybridized carbons (Fsp3) is 0.500. The molecular weight excluding hydrogens is 244 g/mol. The SMILES string of the molecule is COC(C)(C)CCOCc1ccc(/C(N)=N/O)cc1. The Labute approximate surface area is 114 Å². The van der Waals surface area contributed by atoms with Crippen LogP contribution in [0.1, 0.15) is 31.4 Å². The van der Waals surface area contributed by atoms with E-state index in [0.717, 1.165) is 12.0 Å². The maximum atomic E-state index is 8.56. The second-order valence-electron chi connectivity index (χ2n) is 4.95. The van der Waals surface area contributed by atoms with Crippen LogP contribution in [0.15, 0.2) is 29.4 Å². The summed E-state index contributed by atoms with van der Waals surface area (Å²) >= 11 is 0. The highest BCUT2D eigenvalue weighted by Crippen LogP contribution is 2.13. The highest BCUT2D eigenvalue weighted by molar-refractivity contribution is 5.96. The largest absolute Gasteiger partial charge is 0.409 e. The van der Waals surface area contributed by atoms with Crippen LogP contribution in [0.4, 0.5) is 0 Å². The first kappa shape index (κ1) is 15.5. The highest BCUT2D eigenvalue weighted by Gasteiger charge is 2.15. The molecule has 0 aliphatic rings. The third kappa shape index (κ3) is 5.28. The minimum atomic E-state index is -0.157. The van der Waals surface area contributed by atoms with Crippen LogP contribution >= 0.6 is 0 Å². The van der Waals surface area contributed by atoms with Crippen molar-refractivity contribution < 1.29 is 14.7 Å². The molecule has 0 atom stereocenters. The standard InChI is InChI=1S/C14H22N2O3/c1-14(2,18-3)8-9-19-10-11-4-6-12(7-5-11)13(15)16-17/h4-7,17H,8-10H2,1-3H3,(H2,15,16). The van der Waals surface area contributed by atoms with Crippen molar-refractivity contribution in [3.05, 3.63) is 35.4 Å². The van der Waals surface area contributed by atoms with Crippen LogP contribution in [0.2, 0.25) is 0 Å². The summed E-state index contributed by atoms with van der Waals surface area (Å²) in [6.07, 6.45) is 0.839. The van der Waals surface area contributed by atoms with E-state index in [1.807, 2.05) is 26.0 Å². The molecule has 0 bridgehead atoms. The molecule has 5 heteroatoms. The smallest absolute Gasteiger partial charge is 0.170 e. The van der Waals surface area contributed by atoms with Gasteiger partial charge in [0.25, 0.3) is 0 Å². The third-order valence-electron chi connectivity index (χ3n) is 3.03. The minimum absolute atomic E-state index is 0.106. The van der Waals surface area contributed by atoms with Crippen molar-refractivity contribution >= 4 is 5.84 Å². The number of benzene rings is 1. The average molecular weight is 266 g/mol. The molecule has 1 aromatic rings. The van der Waals surface area contributed by atoms with Gasteiger partial charge in [-0.2, -0.15) is 0 Å². The topological polar surface area (TPSA) is 77.1 Å². The molecule has 0 fully saturated rings. The van der Waals surface area contributed by atoms with Crippen molar-refractivity contribution in [3.63, 3.8) is 0 Å². The van der Waals surface area contributed by atoms with E-state index >= 15 is 0 Å². The van der Waals surface area contributed by atoms with E-state index in [-0.39, 0.29) is 11.4 Å². The van der Waals surface area contributed by atoms with Crippen LogP contribution < -0.4 is 5.73 Å². The molecule has 0 aromatic heterocycles. The van der Waals surface area contributed by atoms with E-state index in [1.165, 1.54) is 0 Å². The zero-order chi connectivity index (χ0) is 14.3. The molecule has 0 aliphatic carbocycles. The summed E-state index contributed by atoms with van der Waals surface area (Å²) in [5.41, 5.74) is 7.06. The molecule has 19 heavy (non-hydrogen) atoms. The number of amidine groups is 1. The van der Waals surface area contributed by atoms with Crippen molar-refractivity contribution in [2.75, 3.05) is 13.7 Å². The lowest BCUT2D eigenvalue weighted by atomic mass is 10.1. The lowest BCUT2D eigenvalue weighted by Crippen LogP contribution is -2.24. The number of hydrogen-bond acceptors (Lipinski definition) is 4. The molecule has 0 saturated heterocycles. The van der Waals surface area contributed by atoms with E-state index in [1.54, 1.807) is 19.2 Å². The van der Waals surface area contributed by atoms with E-state index in [9.17, 15) is 0 Å². The van der Waals surface area contributed by atoms with Gasteiger partial charge >= 0.3 is 0 Å². The second-order valence-corrected chi connectivity index (χ2v) is 4.95. The molecule has 1 rings (SSSR count). The van der Waals surface area contributed by atoms with Crippen molar-refractivity contribution in [2.45, 2.75) is 32.5 Å². The molecule has 5 nitrogen and oxygen atoms in total. The number of nitrogens with zero attached hydrogens (tertiary/aromatic N) is 1. The summed E-state index contributed by atoms with van der Waals surface area (Å²) in [5.74, 6) is 0.106. The van der Waals surface area contributed by atoms with Gasteiger partial charge in [0, 0.05) is 19.3 Å². The molecular formula is C14H22N2O3. The molecule has 1 aromatic carbocycles. The maximum absolute atomic E-state index is 8.56. The third-order valence-corrected chi connectivity index (χ3v) is 3.03. The summed E-state index contributed by atoms with van der Waals surface area (Å²) in [6.45, 7) is 5.24. The predicted octanol–water partition coefficient (Wildman–Crippen LogP) is 2.11. The summed E-state index contributed by atoms with van der Waals surface area (Å²) in [6, 6.07) is 7.39. The Balaban J connectivity index is 2.39. The summed E-state index contributed by atoms with van der Waals surface area (Å²) in [7, 11) is 1.70. The Bertz CT molecular complexity index is 413. The van der Waals surface area contributed by atoms with Crippen LogP contribution in [-0.2, 0) is 16.1 Å². The summed E-state index contributed by atoms with van der Waals surface area (Å²) in [5, 5.41) is 11.5. The molecule has 0 saturated carbocycles. The fourth-order valence-electron chi connectivity index (χ4n) is 1.44. The van der Waals surface area contributed by atoms with E-state index < -0.39 is 0 Å². The zero-order valence-electron chi connectivity index (χ0n) is 11.7. The zero-order valence-corrected chi connectivity index (χ0v) is 11.7. The van der Waals surface area contributed by atoms with Gasteiger partial charge in [-0.25, -0.2) is 0 Å². The molecule has 0 radical (unpaired) electrons. The Kier molecular flexibility index (Phi) is 5.79. The number of methoxy groups -OCH3 is 1. The van der Waals surface area contributed by atoms with Gasteiger partial charge in [0.05, 0.1) is 12.2 Å². The molecule has 0 spiro atoms. The lowest BCUT2D eigenvalue weighted by Gasteiger charge is -2.22. The van der Waals surface area contributed by atoms with E-state index in [2.05, 4.69) is 5.16 Å². The van der Waals surface area contributed by atoms with Gasteiger partial charge in [0.1, 0.15) is 0 Å². The van der Waals surface area contributed by atoms with Gasteiger partial charge in [0.15, 0.2) is 5.84 Å². The Morgan fingerprint density at radius 1 is 1.32 bits per heavy atom. The number of oxime groups is 1. The van der Waals surface area contributed by atoms with Gasteiger partial charge in [-0.1, -0.05) is 29.4 Å². The van der Waals surface area contributed by atoms with Crippen LogP contribution in [0.3, 0.4) is 0 Å². The monoisotopic (exact) mass is 266 g/mol. The lowest BCUT2D eigenvalue weighted by molar-refractivity contribution is -0.0124. The van der Waals surface area contributed by atoms with Crippen LogP contribution in [-0.4, -0.2) is 30.4 Å². The fourth-order valence-corrected chi connectivity index (χ4v) is 1.44. The average Bonchev–Trinajstić information content (AvgIpc) is 2.43. The van der Waals surface area contributed by atoms with E-state index in [4.69, 9.17) is 20.4 Å². The van der Waals surface area contributed by atoms with Gasteiger partial charge in [-0.15, -0.1) is 0 Å². The molecule has 0 heterocycles. The second kappa shape index (κ2) is 7.11. The van der Waals surface area contributed by atoms with Crippen LogP contribution in [0.25, 0.3) is 0 Å². The van der Waals surface area contributed by atoms with Crippen molar-refractivity contribution in [1.82, 2.24) is 0 Å². The molecule has 0 unspecified atom stereocenters.